The number of carbonyl (C=O) groups excluding carboxylic acids is 1. The van der Waals surface area contributed by atoms with Gasteiger partial charge in [-0.25, -0.2) is 13.1 Å². The third-order valence-corrected chi connectivity index (χ3v) is 6.70. The first-order chi connectivity index (χ1) is 11.8. The molecule has 8 heteroatoms. The smallest absolute Gasteiger partial charge is 0.255 e. The van der Waals surface area contributed by atoms with Crippen LogP contribution in [0.2, 0.25) is 0 Å². The van der Waals surface area contributed by atoms with Gasteiger partial charge in [-0.05, 0) is 37.3 Å². The normalized spacial score (nSPS) is 16.9. The molecule has 2 rings (SSSR count). The van der Waals surface area contributed by atoms with Gasteiger partial charge in [0.1, 0.15) is 0 Å². The van der Waals surface area contributed by atoms with Gasteiger partial charge in [-0.3, -0.25) is 4.79 Å². The Morgan fingerprint density at radius 1 is 1.24 bits per heavy atom. The van der Waals surface area contributed by atoms with Crippen LogP contribution in [0.4, 0.5) is 0 Å². The van der Waals surface area contributed by atoms with Crippen molar-refractivity contribution in [3.05, 3.63) is 23.8 Å². The van der Waals surface area contributed by atoms with Gasteiger partial charge >= 0.3 is 0 Å². The topological polar surface area (TPSA) is 75.7 Å². The van der Waals surface area contributed by atoms with Gasteiger partial charge < -0.3 is 9.64 Å². The number of hydrogen-bond donors (Lipinski definition) is 1. The van der Waals surface area contributed by atoms with Crippen molar-refractivity contribution in [1.29, 1.82) is 0 Å². The lowest BCUT2D eigenvalue weighted by atomic mass is 10.1. The molecule has 1 aliphatic heterocycles. The van der Waals surface area contributed by atoms with Gasteiger partial charge in [0.25, 0.3) is 5.91 Å². The Kier molecular flexibility index (Phi) is 6.90. The van der Waals surface area contributed by atoms with Crippen molar-refractivity contribution in [2.24, 2.45) is 5.92 Å². The molecule has 25 heavy (non-hydrogen) atoms. The van der Waals surface area contributed by atoms with Crippen LogP contribution >= 0.6 is 11.8 Å². The minimum atomic E-state index is -3.67. The molecule has 0 bridgehead atoms. The van der Waals surface area contributed by atoms with E-state index in [0.29, 0.717) is 31.9 Å². The first kappa shape index (κ1) is 20.2. The van der Waals surface area contributed by atoms with Gasteiger partial charge in [-0.15, -0.1) is 11.8 Å². The summed E-state index contributed by atoms with van der Waals surface area (Å²) in [6.07, 6.45) is 1.87. The van der Waals surface area contributed by atoms with E-state index in [1.54, 1.807) is 17.0 Å². The summed E-state index contributed by atoms with van der Waals surface area (Å²) in [5.41, 5.74) is 0.425. The highest BCUT2D eigenvalue weighted by molar-refractivity contribution is 7.98. The Hall–Kier alpha value is -1.09. The Morgan fingerprint density at radius 3 is 2.44 bits per heavy atom. The summed E-state index contributed by atoms with van der Waals surface area (Å²) in [4.78, 5) is 15.4. The Bertz CT molecular complexity index is 713. The van der Waals surface area contributed by atoms with Crippen molar-refractivity contribution >= 4 is 27.7 Å². The third-order valence-electron chi connectivity index (χ3n) is 4.35. The SMILES string of the molecule is CSc1ccc(S(=O)(=O)NC(C)C(C)C)cc1C(=O)N1CCOCC1. The molecule has 1 amide bonds. The molecule has 1 aromatic rings. The zero-order valence-electron chi connectivity index (χ0n) is 15.1. The summed E-state index contributed by atoms with van der Waals surface area (Å²) >= 11 is 1.43. The Labute approximate surface area is 154 Å². The molecule has 0 aromatic heterocycles. The molecule has 0 spiro atoms. The number of hydrogen-bond acceptors (Lipinski definition) is 5. The molecule has 1 N–H and O–H groups in total. The maximum Gasteiger partial charge on any atom is 0.255 e. The predicted octanol–water partition coefficient (Wildman–Crippen LogP) is 2.20. The Morgan fingerprint density at radius 2 is 1.88 bits per heavy atom. The van der Waals surface area contributed by atoms with E-state index >= 15 is 0 Å². The average Bonchev–Trinajstić information content (AvgIpc) is 2.60. The van der Waals surface area contributed by atoms with Crippen molar-refractivity contribution in [3.8, 4) is 0 Å². The maximum absolute atomic E-state index is 12.8. The fourth-order valence-corrected chi connectivity index (χ4v) is 4.40. The fraction of sp³-hybridized carbons (Fsp3) is 0.588. The molecule has 1 aliphatic rings. The first-order valence-corrected chi connectivity index (χ1v) is 11.0. The van der Waals surface area contributed by atoms with E-state index in [-0.39, 0.29) is 22.8 Å². The van der Waals surface area contributed by atoms with Gasteiger partial charge in [0, 0.05) is 24.0 Å². The van der Waals surface area contributed by atoms with Crippen LogP contribution in [0.15, 0.2) is 28.0 Å². The molecule has 1 heterocycles. The number of sulfonamides is 1. The molecule has 140 valence electrons. The fourth-order valence-electron chi connectivity index (χ4n) is 2.41. The number of amides is 1. The Balaban J connectivity index is 2.34. The summed E-state index contributed by atoms with van der Waals surface area (Å²) in [5.74, 6) is 0.0244. The van der Waals surface area contributed by atoms with Gasteiger partial charge in [0.2, 0.25) is 10.0 Å². The number of benzene rings is 1. The molecule has 6 nitrogen and oxygen atoms in total. The standard InChI is InChI=1S/C17H26N2O4S2/c1-12(2)13(3)18-25(21,22)14-5-6-16(24-4)15(11-14)17(20)19-7-9-23-10-8-19/h5-6,11-13,18H,7-10H2,1-4H3. The van der Waals surface area contributed by atoms with E-state index < -0.39 is 10.0 Å². The van der Waals surface area contributed by atoms with E-state index in [1.165, 1.54) is 17.8 Å². The lowest BCUT2D eigenvalue weighted by Crippen LogP contribution is -2.41. The van der Waals surface area contributed by atoms with Gasteiger partial charge in [0.15, 0.2) is 0 Å². The van der Waals surface area contributed by atoms with Crippen LogP contribution in [0.5, 0.6) is 0 Å². The number of nitrogens with one attached hydrogen (secondary N) is 1. The van der Waals surface area contributed by atoms with Gasteiger partial charge in [-0.2, -0.15) is 0 Å². The lowest BCUT2D eigenvalue weighted by molar-refractivity contribution is 0.0300. The van der Waals surface area contributed by atoms with Crippen LogP contribution in [0.25, 0.3) is 0 Å². The molecule has 0 aliphatic carbocycles. The predicted molar refractivity (Wildman–Crippen MR) is 99.6 cm³/mol. The summed E-state index contributed by atoms with van der Waals surface area (Å²) in [7, 11) is -3.67. The van der Waals surface area contributed by atoms with Crippen molar-refractivity contribution in [3.63, 3.8) is 0 Å². The summed E-state index contributed by atoms with van der Waals surface area (Å²) in [6.45, 7) is 7.79. The van der Waals surface area contributed by atoms with Gasteiger partial charge in [-0.1, -0.05) is 13.8 Å². The number of carbonyl (C=O) groups is 1. The maximum atomic E-state index is 12.8. The van der Waals surface area contributed by atoms with Crippen LogP contribution in [0.1, 0.15) is 31.1 Å². The molecule has 0 radical (unpaired) electrons. The highest BCUT2D eigenvalue weighted by Crippen LogP contribution is 2.25. The zero-order valence-corrected chi connectivity index (χ0v) is 16.7. The molecule has 1 fully saturated rings. The number of ether oxygens (including phenoxy) is 1. The molecule has 1 aromatic carbocycles. The monoisotopic (exact) mass is 386 g/mol. The van der Waals surface area contributed by atoms with Crippen LogP contribution in [0.3, 0.4) is 0 Å². The second-order valence-corrected chi connectivity index (χ2v) is 8.98. The van der Waals surface area contributed by atoms with Crippen LogP contribution in [-0.4, -0.2) is 57.8 Å². The van der Waals surface area contributed by atoms with Gasteiger partial charge in [0.05, 0.1) is 23.7 Å². The third kappa shape index (κ3) is 4.97. The minimum Gasteiger partial charge on any atom is -0.378 e. The molecule has 1 saturated heterocycles. The first-order valence-electron chi connectivity index (χ1n) is 8.33. The quantitative estimate of drug-likeness (QED) is 0.759. The summed E-state index contributed by atoms with van der Waals surface area (Å²) in [6, 6.07) is 4.55. The molecule has 0 saturated carbocycles. The summed E-state index contributed by atoms with van der Waals surface area (Å²) < 4.78 is 33.2. The molecular weight excluding hydrogens is 360 g/mol. The van der Waals surface area contributed by atoms with E-state index in [9.17, 15) is 13.2 Å². The van der Waals surface area contributed by atoms with E-state index in [0.717, 1.165) is 4.90 Å². The van der Waals surface area contributed by atoms with Crippen molar-refractivity contribution in [1.82, 2.24) is 9.62 Å². The average molecular weight is 387 g/mol. The molecular formula is C17H26N2O4S2. The van der Waals surface area contributed by atoms with E-state index in [1.807, 2.05) is 27.0 Å². The minimum absolute atomic E-state index is 0.120. The highest BCUT2D eigenvalue weighted by atomic mass is 32.2. The lowest BCUT2D eigenvalue weighted by Gasteiger charge is -2.27. The van der Waals surface area contributed by atoms with E-state index in [2.05, 4.69) is 4.72 Å². The second kappa shape index (κ2) is 8.53. The summed E-state index contributed by atoms with van der Waals surface area (Å²) in [5, 5.41) is 0. The van der Waals surface area contributed by atoms with Crippen LogP contribution in [-0.2, 0) is 14.8 Å². The zero-order chi connectivity index (χ0) is 18.6. The molecule has 1 unspecified atom stereocenters. The van der Waals surface area contributed by atoms with Crippen LogP contribution in [0, 0.1) is 5.92 Å². The van der Waals surface area contributed by atoms with Crippen molar-refractivity contribution < 1.29 is 17.9 Å². The second-order valence-electron chi connectivity index (χ2n) is 6.42. The number of thioether (sulfide) groups is 1. The van der Waals surface area contributed by atoms with Crippen LogP contribution < -0.4 is 4.72 Å². The van der Waals surface area contributed by atoms with E-state index in [4.69, 9.17) is 4.74 Å². The molecule has 1 atom stereocenters. The number of nitrogens with zero attached hydrogens (tertiary/aromatic N) is 1. The largest absolute Gasteiger partial charge is 0.378 e. The van der Waals surface area contributed by atoms with Crippen molar-refractivity contribution in [2.75, 3.05) is 32.6 Å². The number of morpholine rings is 1. The van der Waals surface area contributed by atoms with Crippen molar-refractivity contribution in [2.45, 2.75) is 36.6 Å². The number of rotatable bonds is 6. The highest BCUT2D eigenvalue weighted by Gasteiger charge is 2.25.